The molecule has 0 aromatic heterocycles. The third kappa shape index (κ3) is 4.91. The third-order valence-electron chi connectivity index (χ3n) is 4.07. The second-order valence-corrected chi connectivity index (χ2v) is 7.61. The summed E-state index contributed by atoms with van der Waals surface area (Å²) in [6, 6.07) is 17.9. The monoisotopic (exact) mass is 415 g/mol. The summed E-state index contributed by atoms with van der Waals surface area (Å²) in [6.07, 6.45) is 0. The van der Waals surface area contributed by atoms with E-state index in [0.29, 0.717) is 34.4 Å². The Kier molecular flexibility index (Phi) is 6.13. The highest BCUT2D eigenvalue weighted by molar-refractivity contribution is 7.92. The van der Waals surface area contributed by atoms with E-state index in [1.54, 1.807) is 61.7 Å². The Bertz CT molecular complexity index is 1060. The van der Waals surface area contributed by atoms with Gasteiger partial charge in [-0.2, -0.15) is 0 Å². The van der Waals surface area contributed by atoms with Crippen molar-refractivity contribution in [1.82, 2.24) is 0 Å². The lowest BCUT2D eigenvalue weighted by Crippen LogP contribution is -2.13. The summed E-state index contributed by atoms with van der Waals surface area (Å²) >= 11 is 0. The Labute approximate surface area is 169 Å². The molecule has 0 fully saturated rings. The van der Waals surface area contributed by atoms with Crippen LogP contribution in [-0.2, 0) is 10.0 Å². The standard InChI is InChI=1S/C21H21NO6S/c1-25-16-5-7-18(8-6-16)28-21-14-15(4-13-20(21)27-3)22-29(23,24)19-11-9-17(26-2)10-12-19/h4-14,22H,1-3H3. The van der Waals surface area contributed by atoms with Crippen LogP contribution in [0.4, 0.5) is 5.69 Å². The first-order chi connectivity index (χ1) is 13.9. The maximum Gasteiger partial charge on any atom is 0.261 e. The highest BCUT2D eigenvalue weighted by atomic mass is 32.2. The predicted octanol–water partition coefficient (Wildman–Crippen LogP) is 4.31. The smallest absolute Gasteiger partial charge is 0.261 e. The predicted molar refractivity (Wildman–Crippen MR) is 110 cm³/mol. The molecule has 152 valence electrons. The van der Waals surface area contributed by atoms with E-state index < -0.39 is 10.0 Å². The topological polar surface area (TPSA) is 83.1 Å². The first-order valence-corrected chi connectivity index (χ1v) is 10.1. The van der Waals surface area contributed by atoms with Gasteiger partial charge in [-0.05, 0) is 60.7 Å². The molecule has 3 aromatic rings. The van der Waals surface area contributed by atoms with Gasteiger partial charge in [0.1, 0.15) is 17.2 Å². The Morgan fingerprint density at radius 1 is 0.655 bits per heavy atom. The molecule has 0 aliphatic heterocycles. The lowest BCUT2D eigenvalue weighted by molar-refractivity contribution is 0.378. The van der Waals surface area contributed by atoms with Gasteiger partial charge >= 0.3 is 0 Å². The average molecular weight is 415 g/mol. The van der Waals surface area contributed by atoms with Crippen LogP contribution in [0.3, 0.4) is 0 Å². The molecule has 3 aromatic carbocycles. The SMILES string of the molecule is COc1ccc(Oc2cc(NS(=O)(=O)c3ccc(OC)cc3)ccc2OC)cc1. The molecule has 0 radical (unpaired) electrons. The number of nitrogens with one attached hydrogen (secondary N) is 1. The van der Waals surface area contributed by atoms with E-state index in [2.05, 4.69) is 4.72 Å². The number of hydrogen-bond donors (Lipinski definition) is 1. The van der Waals surface area contributed by atoms with Crippen molar-refractivity contribution in [2.24, 2.45) is 0 Å². The van der Waals surface area contributed by atoms with Crippen molar-refractivity contribution in [2.45, 2.75) is 4.90 Å². The molecule has 0 atom stereocenters. The molecular weight excluding hydrogens is 394 g/mol. The summed E-state index contributed by atoms with van der Waals surface area (Å²) in [4.78, 5) is 0.117. The maximum absolute atomic E-state index is 12.7. The van der Waals surface area contributed by atoms with Gasteiger partial charge < -0.3 is 18.9 Å². The van der Waals surface area contributed by atoms with E-state index in [9.17, 15) is 8.42 Å². The first-order valence-electron chi connectivity index (χ1n) is 8.62. The number of benzene rings is 3. The molecular formula is C21H21NO6S. The Balaban J connectivity index is 1.84. The van der Waals surface area contributed by atoms with Crippen molar-refractivity contribution in [3.63, 3.8) is 0 Å². The molecule has 0 amide bonds. The van der Waals surface area contributed by atoms with Crippen LogP contribution in [0.5, 0.6) is 28.7 Å². The van der Waals surface area contributed by atoms with Crippen LogP contribution >= 0.6 is 0 Å². The van der Waals surface area contributed by atoms with Crippen molar-refractivity contribution in [2.75, 3.05) is 26.1 Å². The van der Waals surface area contributed by atoms with E-state index in [0.717, 1.165) is 0 Å². The minimum absolute atomic E-state index is 0.117. The third-order valence-corrected chi connectivity index (χ3v) is 5.47. The lowest BCUT2D eigenvalue weighted by atomic mass is 10.2. The Morgan fingerprint density at radius 2 is 1.21 bits per heavy atom. The lowest BCUT2D eigenvalue weighted by Gasteiger charge is -2.14. The van der Waals surface area contributed by atoms with Gasteiger partial charge in [-0.25, -0.2) is 8.42 Å². The van der Waals surface area contributed by atoms with Gasteiger partial charge in [-0.3, -0.25) is 4.72 Å². The van der Waals surface area contributed by atoms with E-state index in [1.165, 1.54) is 26.4 Å². The first kappa shape index (κ1) is 20.3. The zero-order valence-electron chi connectivity index (χ0n) is 16.2. The molecule has 0 bridgehead atoms. The average Bonchev–Trinajstić information content (AvgIpc) is 2.74. The number of methoxy groups -OCH3 is 3. The van der Waals surface area contributed by atoms with Crippen LogP contribution in [0.1, 0.15) is 0 Å². The molecule has 0 saturated carbocycles. The van der Waals surface area contributed by atoms with Crippen molar-refractivity contribution >= 4 is 15.7 Å². The summed E-state index contributed by atoms with van der Waals surface area (Å²) in [5.41, 5.74) is 0.338. The number of rotatable bonds is 8. The van der Waals surface area contributed by atoms with Crippen LogP contribution in [0.2, 0.25) is 0 Å². The highest BCUT2D eigenvalue weighted by Gasteiger charge is 2.16. The molecule has 0 aliphatic carbocycles. The Morgan fingerprint density at radius 3 is 1.76 bits per heavy atom. The van der Waals surface area contributed by atoms with Crippen LogP contribution < -0.4 is 23.7 Å². The van der Waals surface area contributed by atoms with Crippen molar-refractivity contribution < 1.29 is 27.4 Å². The number of ether oxygens (including phenoxy) is 4. The zero-order valence-corrected chi connectivity index (χ0v) is 17.0. The quantitative estimate of drug-likeness (QED) is 0.590. The second-order valence-electron chi connectivity index (χ2n) is 5.92. The fourth-order valence-electron chi connectivity index (χ4n) is 2.56. The fraction of sp³-hybridized carbons (Fsp3) is 0.143. The van der Waals surface area contributed by atoms with Crippen molar-refractivity contribution in [3.8, 4) is 28.7 Å². The molecule has 0 heterocycles. The van der Waals surface area contributed by atoms with Crippen LogP contribution in [0, 0.1) is 0 Å². The van der Waals surface area contributed by atoms with Gasteiger partial charge in [0.05, 0.1) is 31.9 Å². The van der Waals surface area contributed by atoms with Crippen LogP contribution in [0.15, 0.2) is 71.6 Å². The van der Waals surface area contributed by atoms with Crippen molar-refractivity contribution in [3.05, 3.63) is 66.7 Å². The molecule has 3 rings (SSSR count). The second kappa shape index (κ2) is 8.74. The Hall–Kier alpha value is -3.39. The van der Waals surface area contributed by atoms with E-state index in [1.807, 2.05) is 0 Å². The molecule has 0 aliphatic rings. The zero-order chi connectivity index (χ0) is 20.9. The fourth-order valence-corrected chi connectivity index (χ4v) is 3.61. The van der Waals surface area contributed by atoms with Gasteiger partial charge in [-0.1, -0.05) is 0 Å². The summed E-state index contributed by atoms with van der Waals surface area (Å²) in [6.45, 7) is 0. The molecule has 7 nitrogen and oxygen atoms in total. The van der Waals surface area contributed by atoms with Crippen LogP contribution in [0.25, 0.3) is 0 Å². The van der Waals surface area contributed by atoms with Crippen molar-refractivity contribution in [1.29, 1.82) is 0 Å². The molecule has 29 heavy (non-hydrogen) atoms. The van der Waals surface area contributed by atoms with Crippen LogP contribution in [-0.4, -0.2) is 29.7 Å². The summed E-state index contributed by atoms with van der Waals surface area (Å²) < 4.78 is 49.2. The van der Waals surface area contributed by atoms with E-state index in [4.69, 9.17) is 18.9 Å². The molecule has 8 heteroatoms. The van der Waals surface area contributed by atoms with Gasteiger partial charge in [-0.15, -0.1) is 0 Å². The molecule has 0 spiro atoms. The molecule has 0 saturated heterocycles. The summed E-state index contributed by atoms with van der Waals surface area (Å²) in [7, 11) is 0.834. The summed E-state index contributed by atoms with van der Waals surface area (Å²) in [5, 5.41) is 0. The number of sulfonamides is 1. The van der Waals surface area contributed by atoms with Gasteiger partial charge in [0, 0.05) is 6.07 Å². The van der Waals surface area contributed by atoms with E-state index >= 15 is 0 Å². The largest absolute Gasteiger partial charge is 0.497 e. The minimum Gasteiger partial charge on any atom is -0.497 e. The van der Waals surface area contributed by atoms with Gasteiger partial charge in [0.2, 0.25) is 0 Å². The number of hydrogen-bond acceptors (Lipinski definition) is 6. The summed E-state index contributed by atoms with van der Waals surface area (Å²) in [5.74, 6) is 2.66. The van der Waals surface area contributed by atoms with Gasteiger partial charge in [0.15, 0.2) is 11.5 Å². The highest BCUT2D eigenvalue weighted by Crippen LogP contribution is 2.35. The normalized spacial score (nSPS) is 10.9. The van der Waals surface area contributed by atoms with E-state index in [-0.39, 0.29) is 4.90 Å². The number of anilines is 1. The maximum atomic E-state index is 12.7. The molecule has 0 unspecified atom stereocenters. The molecule has 1 N–H and O–H groups in total. The van der Waals surface area contributed by atoms with Gasteiger partial charge in [0.25, 0.3) is 10.0 Å². The minimum atomic E-state index is -3.77.